The van der Waals surface area contributed by atoms with Gasteiger partial charge in [0.25, 0.3) is 0 Å². The van der Waals surface area contributed by atoms with E-state index in [2.05, 4.69) is 5.32 Å². The highest BCUT2D eigenvalue weighted by atomic mass is 16.6. The molecule has 1 heterocycles. The summed E-state index contributed by atoms with van der Waals surface area (Å²) in [4.78, 5) is 11.0. The van der Waals surface area contributed by atoms with E-state index < -0.39 is 24.5 Å². The summed E-state index contributed by atoms with van der Waals surface area (Å²) in [5.74, 6) is -0.618. The molecule has 1 saturated heterocycles. The van der Waals surface area contributed by atoms with Crippen molar-refractivity contribution in [3.8, 4) is 0 Å². The molecule has 100 valence electrons. The van der Waals surface area contributed by atoms with E-state index in [0.717, 1.165) is 0 Å². The van der Waals surface area contributed by atoms with E-state index in [1.54, 1.807) is 0 Å². The van der Waals surface area contributed by atoms with Gasteiger partial charge >= 0.3 is 0 Å². The zero-order valence-corrected chi connectivity index (χ0v) is 10.3. The first-order valence-corrected chi connectivity index (χ1v) is 5.78. The second-order valence-electron chi connectivity index (χ2n) is 4.79. The van der Waals surface area contributed by atoms with Gasteiger partial charge in [-0.1, -0.05) is 13.8 Å². The lowest BCUT2D eigenvalue weighted by Gasteiger charge is -2.44. The second-order valence-corrected chi connectivity index (χ2v) is 4.79. The van der Waals surface area contributed by atoms with Crippen LogP contribution in [-0.4, -0.2) is 52.4 Å². The van der Waals surface area contributed by atoms with Gasteiger partial charge in [-0.3, -0.25) is 4.79 Å². The Morgan fingerprint density at radius 3 is 2.41 bits per heavy atom. The Labute approximate surface area is 101 Å². The minimum Gasteiger partial charge on any atom is -0.394 e. The van der Waals surface area contributed by atoms with E-state index in [0.29, 0.717) is 0 Å². The van der Waals surface area contributed by atoms with Crippen molar-refractivity contribution >= 4 is 5.91 Å². The lowest BCUT2D eigenvalue weighted by Crippen LogP contribution is -2.62. The molecule has 4 N–H and O–H groups in total. The number of aliphatic hydroxyl groups is 3. The molecule has 17 heavy (non-hydrogen) atoms. The summed E-state index contributed by atoms with van der Waals surface area (Å²) in [7, 11) is 0. The van der Waals surface area contributed by atoms with E-state index in [9.17, 15) is 20.1 Å². The van der Waals surface area contributed by atoms with Crippen molar-refractivity contribution < 1.29 is 24.9 Å². The zero-order valence-electron chi connectivity index (χ0n) is 10.3. The number of rotatable bonds is 3. The van der Waals surface area contributed by atoms with Gasteiger partial charge in [-0.15, -0.1) is 0 Å². The van der Waals surface area contributed by atoms with Gasteiger partial charge in [0, 0.05) is 12.8 Å². The number of hydrogen-bond donors (Lipinski definition) is 4. The van der Waals surface area contributed by atoms with Gasteiger partial charge in [-0.25, -0.2) is 0 Å². The van der Waals surface area contributed by atoms with Crippen molar-refractivity contribution in [1.29, 1.82) is 0 Å². The van der Waals surface area contributed by atoms with E-state index in [4.69, 9.17) is 4.74 Å². The Morgan fingerprint density at radius 2 is 2.00 bits per heavy atom. The molecular weight excluding hydrogens is 226 g/mol. The molecule has 0 radical (unpaired) electrons. The number of carbonyl (C=O) groups is 1. The molecule has 0 saturated carbocycles. The van der Waals surface area contributed by atoms with Crippen LogP contribution in [0.15, 0.2) is 0 Å². The molecule has 1 aliphatic heterocycles. The third-order valence-electron chi connectivity index (χ3n) is 3.13. The van der Waals surface area contributed by atoms with Gasteiger partial charge in [0.05, 0.1) is 18.8 Å². The maximum absolute atomic E-state index is 11.0. The van der Waals surface area contributed by atoms with Crippen LogP contribution in [0.3, 0.4) is 0 Å². The Morgan fingerprint density at radius 1 is 1.41 bits per heavy atom. The molecule has 1 amide bonds. The van der Waals surface area contributed by atoms with Crippen LogP contribution in [0.25, 0.3) is 0 Å². The molecule has 0 aliphatic carbocycles. The predicted molar refractivity (Wildman–Crippen MR) is 59.9 cm³/mol. The Bertz CT molecular complexity index is 271. The van der Waals surface area contributed by atoms with Gasteiger partial charge in [0.2, 0.25) is 5.91 Å². The van der Waals surface area contributed by atoms with Crippen LogP contribution in [-0.2, 0) is 9.53 Å². The third kappa shape index (κ3) is 3.16. The summed E-state index contributed by atoms with van der Waals surface area (Å²) in [6, 6.07) is -0.859. The van der Waals surface area contributed by atoms with Crippen molar-refractivity contribution in [2.75, 3.05) is 6.61 Å². The molecule has 6 heteroatoms. The van der Waals surface area contributed by atoms with Crippen LogP contribution >= 0.6 is 0 Å². The number of hydrogen-bond acceptors (Lipinski definition) is 5. The lowest BCUT2D eigenvalue weighted by atomic mass is 9.80. The molecule has 1 aliphatic rings. The van der Waals surface area contributed by atoms with Gasteiger partial charge in [-0.05, 0) is 5.92 Å². The fourth-order valence-electron chi connectivity index (χ4n) is 2.36. The molecule has 0 aromatic carbocycles. The van der Waals surface area contributed by atoms with Crippen molar-refractivity contribution in [1.82, 2.24) is 5.32 Å². The highest BCUT2D eigenvalue weighted by Gasteiger charge is 2.45. The van der Waals surface area contributed by atoms with E-state index in [1.807, 2.05) is 13.8 Å². The normalized spacial score (nSPS) is 38.2. The molecule has 5 unspecified atom stereocenters. The predicted octanol–water partition coefficient (Wildman–Crippen LogP) is -1.17. The molecule has 1 fully saturated rings. The van der Waals surface area contributed by atoms with Crippen molar-refractivity contribution in [3.63, 3.8) is 0 Å². The number of carbonyl (C=O) groups excluding carboxylic acids is 1. The first-order valence-electron chi connectivity index (χ1n) is 5.78. The number of ether oxygens (including phenoxy) is 1. The quantitative estimate of drug-likeness (QED) is 0.504. The monoisotopic (exact) mass is 247 g/mol. The minimum atomic E-state index is -1.30. The smallest absolute Gasteiger partial charge is 0.217 e. The standard InChI is InChI=1S/C11H21NO5/c1-5(2)8-7(4-13)17-11(16)9(10(8)15)12-6(3)14/h5,7-11,13,15-16H,4H2,1-3H3,(H,12,14). The first kappa shape index (κ1) is 14.4. The summed E-state index contributed by atoms with van der Waals surface area (Å²) in [5.41, 5.74) is 0. The van der Waals surface area contributed by atoms with Crippen LogP contribution < -0.4 is 5.32 Å². The number of aliphatic hydroxyl groups excluding tert-OH is 3. The number of nitrogens with one attached hydrogen (secondary N) is 1. The zero-order chi connectivity index (χ0) is 13.2. The van der Waals surface area contributed by atoms with E-state index in [1.165, 1.54) is 6.92 Å². The average molecular weight is 247 g/mol. The summed E-state index contributed by atoms with van der Waals surface area (Å²) in [6.07, 6.45) is -2.87. The summed E-state index contributed by atoms with van der Waals surface area (Å²) < 4.78 is 5.22. The molecule has 6 nitrogen and oxygen atoms in total. The Balaban J connectivity index is 2.85. The molecule has 0 spiro atoms. The van der Waals surface area contributed by atoms with Gasteiger partial charge in [0.15, 0.2) is 6.29 Å². The van der Waals surface area contributed by atoms with Gasteiger partial charge < -0.3 is 25.4 Å². The highest BCUT2D eigenvalue weighted by Crippen LogP contribution is 2.30. The maximum Gasteiger partial charge on any atom is 0.217 e. The van der Waals surface area contributed by atoms with Gasteiger partial charge in [-0.2, -0.15) is 0 Å². The van der Waals surface area contributed by atoms with Crippen molar-refractivity contribution in [3.05, 3.63) is 0 Å². The fraction of sp³-hybridized carbons (Fsp3) is 0.909. The fourth-order valence-corrected chi connectivity index (χ4v) is 2.36. The molecule has 0 aromatic heterocycles. The third-order valence-corrected chi connectivity index (χ3v) is 3.13. The highest BCUT2D eigenvalue weighted by molar-refractivity contribution is 5.73. The second kappa shape index (κ2) is 5.77. The van der Waals surface area contributed by atoms with Crippen LogP contribution in [0, 0.1) is 11.8 Å². The van der Waals surface area contributed by atoms with Crippen LogP contribution in [0.5, 0.6) is 0 Å². The molecule has 1 rings (SSSR count). The summed E-state index contributed by atoms with van der Waals surface area (Å²) in [6.45, 7) is 4.82. The molecule has 0 bridgehead atoms. The number of amides is 1. The molecular formula is C11H21NO5. The molecule has 5 atom stereocenters. The van der Waals surface area contributed by atoms with Crippen molar-refractivity contribution in [2.24, 2.45) is 11.8 Å². The summed E-state index contributed by atoms with van der Waals surface area (Å²) >= 11 is 0. The first-order chi connectivity index (χ1) is 7.88. The van der Waals surface area contributed by atoms with Crippen LogP contribution in [0.4, 0.5) is 0 Å². The van der Waals surface area contributed by atoms with Crippen LogP contribution in [0.2, 0.25) is 0 Å². The topological polar surface area (TPSA) is 99.0 Å². The van der Waals surface area contributed by atoms with E-state index in [-0.39, 0.29) is 24.3 Å². The van der Waals surface area contributed by atoms with Crippen LogP contribution in [0.1, 0.15) is 20.8 Å². The van der Waals surface area contributed by atoms with Crippen molar-refractivity contribution in [2.45, 2.75) is 45.3 Å². The molecule has 0 aromatic rings. The Kier molecular flexibility index (Phi) is 4.88. The van der Waals surface area contributed by atoms with E-state index >= 15 is 0 Å². The largest absolute Gasteiger partial charge is 0.394 e. The summed E-state index contributed by atoms with van der Waals surface area (Å²) in [5, 5.41) is 31.5. The van der Waals surface area contributed by atoms with Gasteiger partial charge in [0.1, 0.15) is 6.04 Å². The maximum atomic E-state index is 11.0. The lowest BCUT2D eigenvalue weighted by molar-refractivity contribution is -0.244. The minimum absolute atomic E-state index is 0.0610. The Hall–Kier alpha value is -0.690. The average Bonchev–Trinajstić information content (AvgIpc) is 2.22. The SMILES string of the molecule is CC(=O)NC1C(O)OC(CO)C(C(C)C)C1O.